The number of carbonyl (C=O) groups is 2. The van der Waals surface area contributed by atoms with Crippen LogP contribution in [0.15, 0.2) is 39.0 Å². The summed E-state index contributed by atoms with van der Waals surface area (Å²) < 4.78 is 0.634. The van der Waals surface area contributed by atoms with Gasteiger partial charge in [0.2, 0.25) is 5.91 Å². The molecule has 6 nitrogen and oxygen atoms in total. The van der Waals surface area contributed by atoms with Crippen LogP contribution in [0, 0.1) is 0 Å². The van der Waals surface area contributed by atoms with E-state index < -0.39 is 11.5 Å². The Bertz CT molecular complexity index is 682. The lowest BCUT2D eigenvalue weighted by Crippen LogP contribution is -2.33. The Kier molecular flexibility index (Phi) is 4.70. The molecule has 2 aromatic heterocycles. The maximum atomic E-state index is 11.7. The van der Waals surface area contributed by atoms with Crippen molar-refractivity contribution in [3.8, 4) is 0 Å². The third kappa shape index (κ3) is 3.78. The van der Waals surface area contributed by atoms with Crippen LogP contribution in [0.5, 0.6) is 0 Å². The summed E-state index contributed by atoms with van der Waals surface area (Å²) in [6.07, 6.45) is 1.47. The molecule has 0 aliphatic carbocycles. The number of amides is 2. The number of anilines is 1. The summed E-state index contributed by atoms with van der Waals surface area (Å²) in [6.45, 7) is -0.206. The lowest BCUT2D eigenvalue weighted by atomic mass is 10.4. The highest BCUT2D eigenvalue weighted by atomic mass is 79.9. The molecule has 20 heavy (non-hydrogen) atoms. The first-order valence-corrected chi connectivity index (χ1v) is 7.23. The number of carbonyl (C=O) groups excluding carboxylic acids is 2. The highest BCUT2D eigenvalue weighted by Crippen LogP contribution is 2.10. The molecule has 0 radical (unpaired) electrons. The molecule has 8 heteroatoms. The number of hydrogen-bond donors (Lipinski definition) is 3. The van der Waals surface area contributed by atoms with Gasteiger partial charge in [0, 0.05) is 10.7 Å². The van der Waals surface area contributed by atoms with Gasteiger partial charge in [-0.2, -0.15) is 0 Å². The first-order chi connectivity index (χ1) is 9.56. The zero-order valence-electron chi connectivity index (χ0n) is 10.1. The van der Waals surface area contributed by atoms with Crippen LogP contribution in [0.2, 0.25) is 0 Å². The summed E-state index contributed by atoms with van der Waals surface area (Å²) in [5.41, 5.74) is -0.291. The van der Waals surface area contributed by atoms with Crippen LogP contribution in [0.1, 0.15) is 9.67 Å². The summed E-state index contributed by atoms with van der Waals surface area (Å²) >= 11 is 4.47. The summed E-state index contributed by atoms with van der Waals surface area (Å²) in [5, 5.41) is 6.68. The van der Waals surface area contributed by atoms with Crippen LogP contribution >= 0.6 is 27.3 Å². The van der Waals surface area contributed by atoms with E-state index in [2.05, 4.69) is 31.5 Å². The molecule has 2 heterocycles. The van der Waals surface area contributed by atoms with Gasteiger partial charge in [0.1, 0.15) is 5.69 Å². The van der Waals surface area contributed by atoms with Gasteiger partial charge in [-0.05, 0) is 33.4 Å². The predicted molar refractivity (Wildman–Crippen MR) is 80.0 cm³/mol. The Morgan fingerprint density at radius 2 is 2.20 bits per heavy atom. The smallest absolute Gasteiger partial charge is 0.271 e. The van der Waals surface area contributed by atoms with Crippen LogP contribution in [0.3, 0.4) is 0 Å². The highest BCUT2D eigenvalue weighted by molar-refractivity contribution is 9.10. The van der Waals surface area contributed by atoms with Crippen LogP contribution < -0.4 is 16.2 Å². The van der Waals surface area contributed by atoms with Crippen molar-refractivity contribution in [3.05, 3.63) is 49.5 Å². The number of nitrogens with one attached hydrogen (secondary N) is 3. The van der Waals surface area contributed by atoms with Crippen LogP contribution in [-0.4, -0.2) is 23.3 Å². The second-order valence-electron chi connectivity index (χ2n) is 3.77. The van der Waals surface area contributed by atoms with Gasteiger partial charge in [-0.1, -0.05) is 6.07 Å². The maximum Gasteiger partial charge on any atom is 0.271 e. The molecule has 0 saturated heterocycles. The van der Waals surface area contributed by atoms with Crippen molar-refractivity contribution < 1.29 is 9.59 Å². The monoisotopic (exact) mass is 355 g/mol. The molecular weight excluding hydrogens is 346 g/mol. The van der Waals surface area contributed by atoms with Gasteiger partial charge in [0.15, 0.2) is 0 Å². The third-order valence-electron chi connectivity index (χ3n) is 2.30. The fraction of sp³-hybridized carbons (Fsp3) is 0.0833. The fourth-order valence-electron chi connectivity index (χ4n) is 1.40. The van der Waals surface area contributed by atoms with Crippen molar-refractivity contribution in [1.82, 2.24) is 10.3 Å². The zero-order chi connectivity index (χ0) is 14.5. The molecule has 104 valence electrons. The standard InChI is InChI=1S/C12H10BrN3O3S/c13-7-4-8(11(18)14-5-7)16-10(17)6-15-12(19)9-2-1-3-20-9/h1-5H,6H2,(H,14,18)(H,15,19)(H,16,17). The molecule has 0 spiro atoms. The SMILES string of the molecule is O=C(CNC(=O)c1cccs1)Nc1cc(Br)c[nH]c1=O. The number of halogens is 1. The van der Waals surface area contributed by atoms with E-state index in [1.807, 2.05) is 0 Å². The van der Waals surface area contributed by atoms with Crippen LogP contribution in [0.25, 0.3) is 0 Å². The van der Waals surface area contributed by atoms with Crippen molar-refractivity contribution in [3.63, 3.8) is 0 Å². The Hall–Kier alpha value is -1.93. The quantitative estimate of drug-likeness (QED) is 0.777. The molecule has 0 atom stereocenters. The van der Waals surface area contributed by atoms with E-state index in [0.717, 1.165) is 0 Å². The molecule has 0 aliphatic heterocycles. The predicted octanol–water partition coefficient (Wildman–Crippen LogP) is 1.57. The van der Waals surface area contributed by atoms with E-state index in [4.69, 9.17) is 0 Å². The highest BCUT2D eigenvalue weighted by Gasteiger charge is 2.10. The Morgan fingerprint density at radius 3 is 2.90 bits per heavy atom. The van der Waals surface area contributed by atoms with E-state index in [9.17, 15) is 14.4 Å². The molecule has 2 amide bonds. The topological polar surface area (TPSA) is 91.1 Å². The number of H-pyrrole nitrogens is 1. The molecule has 3 N–H and O–H groups in total. The number of aromatic amines is 1. The lowest BCUT2D eigenvalue weighted by Gasteiger charge is -2.05. The zero-order valence-corrected chi connectivity index (χ0v) is 12.5. The maximum absolute atomic E-state index is 11.7. The van der Waals surface area contributed by atoms with Gasteiger partial charge >= 0.3 is 0 Å². The number of rotatable bonds is 4. The van der Waals surface area contributed by atoms with Crippen LogP contribution in [-0.2, 0) is 4.79 Å². The minimum atomic E-state index is -0.474. The number of aromatic nitrogens is 1. The average molecular weight is 356 g/mol. The number of pyridine rings is 1. The first kappa shape index (κ1) is 14.5. The first-order valence-electron chi connectivity index (χ1n) is 5.56. The minimum Gasteiger partial charge on any atom is -0.342 e. The van der Waals surface area contributed by atoms with Gasteiger partial charge in [0.25, 0.3) is 11.5 Å². The summed E-state index contributed by atoms with van der Waals surface area (Å²) in [6, 6.07) is 4.90. The van der Waals surface area contributed by atoms with Gasteiger partial charge in [0.05, 0.1) is 11.4 Å². The Morgan fingerprint density at radius 1 is 1.40 bits per heavy atom. The third-order valence-corrected chi connectivity index (χ3v) is 3.62. The lowest BCUT2D eigenvalue weighted by molar-refractivity contribution is -0.115. The van der Waals surface area contributed by atoms with Gasteiger partial charge in [-0.15, -0.1) is 11.3 Å². The number of hydrogen-bond acceptors (Lipinski definition) is 4. The van der Waals surface area contributed by atoms with Crippen LogP contribution in [0.4, 0.5) is 5.69 Å². The molecule has 2 rings (SSSR count). The second-order valence-corrected chi connectivity index (χ2v) is 5.63. The van der Waals surface area contributed by atoms with Gasteiger partial charge < -0.3 is 15.6 Å². The molecule has 0 unspecified atom stereocenters. The Labute approximate surface area is 126 Å². The molecule has 0 saturated carbocycles. The normalized spacial score (nSPS) is 10.1. The summed E-state index contributed by atoms with van der Waals surface area (Å²) in [7, 11) is 0. The van der Waals surface area contributed by atoms with E-state index in [0.29, 0.717) is 9.35 Å². The van der Waals surface area contributed by atoms with Crippen molar-refractivity contribution >= 4 is 44.8 Å². The second kappa shape index (κ2) is 6.49. The molecule has 0 bridgehead atoms. The van der Waals surface area contributed by atoms with Crippen molar-refractivity contribution in [2.75, 3.05) is 11.9 Å². The molecule has 2 aromatic rings. The van der Waals surface area contributed by atoms with E-state index in [-0.39, 0.29) is 18.1 Å². The molecule has 0 fully saturated rings. The van der Waals surface area contributed by atoms with E-state index >= 15 is 0 Å². The Balaban J connectivity index is 1.91. The van der Waals surface area contributed by atoms with Crippen molar-refractivity contribution in [2.24, 2.45) is 0 Å². The van der Waals surface area contributed by atoms with E-state index in [1.54, 1.807) is 17.5 Å². The molecular formula is C12H10BrN3O3S. The molecule has 0 aromatic carbocycles. The van der Waals surface area contributed by atoms with Crippen molar-refractivity contribution in [2.45, 2.75) is 0 Å². The number of thiophene rings is 1. The summed E-state index contributed by atoms with van der Waals surface area (Å²) in [5.74, 6) is -0.795. The van der Waals surface area contributed by atoms with Crippen molar-refractivity contribution in [1.29, 1.82) is 0 Å². The average Bonchev–Trinajstić information content (AvgIpc) is 2.94. The molecule has 0 aliphatic rings. The fourth-order valence-corrected chi connectivity index (χ4v) is 2.38. The van der Waals surface area contributed by atoms with Gasteiger partial charge in [-0.3, -0.25) is 14.4 Å². The largest absolute Gasteiger partial charge is 0.342 e. The van der Waals surface area contributed by atoms with E-state index in [1.165, 1.54) is 23.6 Å². The van der Waals surface area contributed by atoms with Gasteiger partial charge in [-0.25, -0.2) is 0 Å². The summed E-state index contributed by atoms with van der Waals surface area (Å²) in [4.78, 5) is 37.7. The minimum absolute atomic E-state index is 0.120.